The Morgan fingerprint density at radius 2 is 1.48 bits per heavy atom. The van der Waals surface area contributed by atoms with E-state index in [0.717, 1.165) is 5.56 Å². The number of halogens is 3. The number of carbonyl (C=O) groups excluding carboxylic acids is 3. The highest BCUT2D eigenvalue weighted by Gasteiger charge is 2.29. The molecule has 3 aromatic carbocycles. The summed E-state index contributed by atoms with van der Waals surface area (Å²) in [5, 5.41) is 26.4. The zero-order valence-electron chi connectivity index (χ0n) is 22.2. The van der Waals surface area contributed by atoms with E-state index in [-0.39, 0.29) is 34.7 Å². The zero-order valence-corrected chi connectivity index (χ0v) is 23.0. The van der Waals surface area contributed by atoms with Crippen LogP contribution in [0.15, 0.2) is 77.7 Å². The number of alkyl halides is 3. The summed E-state index contributed by atoms with van der Waals surface area (Å²) in [5.41, 5.74) is -0.127. The molecule has 0 saturated carbocycles. The Morgan fingerprint density at radius 3 is 2.00 bits per heavy atom. The molecule has 0 saturated heterocycles. The molecule has 3 aromatic rings. The fourth-order valence-corrected chi connectivity index (χ4v) is 4.06. The van der Waals surface area contributed by atoms with Gasteiger partial charge in [-0.05, 0) is 84.9 Å². The zero-order chi connectivity index (χ0) is 30.7. The smallest absolute Gasteiger partial charge is 0.391 e. The number of aliphatic hydroxyl groups is 1. The summed E-state index contributed by atoms with van der Waals surface area (Å²) in [6.07, 6.45) is -1.23. The van der Waals surface area contributed by atoms with E-state index in [1.807, 2.05) is 0 Å². The first-order valence-electron chi connectivity index (χ1n) is 12.4. The summed E-state index contributed by atoms with van der Waals surface area (Å²) in [5.74, 6) is 4.08. The average molecular weight is 601 g/mol. The van der Waals surface area contributed by atoms with Crippen LogP contribution >= 0.6 is 11.8 Å². The van der Waals surface area contributed by atoms with Gasteiger partial charge in [0.25, 0.3) is 11.8 Å². The maximum absolute atomic E-state index is 12.4. The molecule has 9 nitrogen and oxygen atoms in total. The van der Waals surface area contributed by atoms with Crippen molar-refractivity contribution in [2.45, 2.75) is 36.0 Å². The van der Waals surface area contributed by atoms with Crippen LogP contribution in [0.25, 0.3) is 0 Å². The molecule has 0 aromatic heterocycles. The van der Waals surface area contributed by atoms with Gasteiger partial charge in [0.05, 0.1) is 12.6 Å². The summed E-state index contributed by atoms with van der Waals surface area (Å²) in [6.45, 7) is 1.62. The number of hydroxylamine groups is 1. The second kappa shape index (κ2) is 15.0. The van der Waals surface area contributed by atoms with E-state index < -0.39 is 29.5 Å². The second-order valence-corrected chi connectivity index (χ2v) is 10.1. The highest BCUT2D eigenvalue weighted by molar-refractivity contribution is 8.00. The number of anilines is 1. The molecule has 0 heterocycles. The first-order chi connectivity index (χ1) is 19.9. The van der Waals surface area contributed by atoms with E-state index in [1.54, 1.807) is 48.5 Å². The van der Waals surface area contributed by atoms with Crippen molar-refractivity contribution in [3.63, 3.8) is 0 Å². The van der Waals surface area contributed by atoms with Gasteiger partial charge in [0.1, 0.15) is 6.04 Å². The molecule has 0 fully saturated rings. The minimum Gasteiger partial charge on any atom is -0.391 e. The van der Waals surface area contributed by atoms with E-state index in [4.69, 9.17) is 5.21 Å². The molecule has 6 N–H and O–H groups in total. The van der Waals surface area contributed by atoms with Crippen LogP contribution < -0.4 is 21.4 Å². The third-order valence-electron chi connectivity index (χ3n) is 5.60. The molecule has 0 aliphatic heterocycles. The van der Waals surface area contributed by atoms with Crippen LogP contribution in [-0.4, -0.2) is 52.2 Å². The Labute approximate surface area is 243 Å². The van der Waals surface area contributed by atoms with Crippen molar-refractivity contribution in [1.82, 2.24) is 16.1 Å². The molecule has 0 spiro atoms. The number of hydrogen-bond acceptors (Lipinski definition) is 7. The fraction of sp³-hybridized carbons (Fsp3) is 0.207. The summed E-state index contributed by atoms with van der Waals surface area (Å²) < 4.78 is 37.3. The largest absolute Gasteiger partial charge is 0.446 e. The Kier molecular flexibility index (Phi) is 11.5. The monoisotopic (exact) mass is 600 g/mol. The Morgan fingerprint density at radius 1 is 0.905 bits per heavy atom. The lowest BCUT2D eigenvalue weighted by molar-refractivity contribution is -0.133. The van der Waals surface area contributed by atoms with E-state index in [0.29, 0.717) is 23.4 Å². The number of nitrogens with one attached hydrogen (secondary N) is 4. The van der Waals surface area contributed by atoms with Gasteiger partial charge >= 0.3 is 5.51 Å². The summed E-state index contributed by atoms with van der Waals surface area (Å²) in [7, 11) is 0. The Hall–Kier alpha value is -4.35. The van der Waals surface area contributed by atoms with Crippen LogP contribution in [-0.2, 0) is 16.1 Å². The highest BCUT2D eigenvalue weighted by atomic mass is 32.2. The van der Waals surface area contributed by atoms with E-state index in [2.05, 4.69) is 27.8 Å². The number of carbonyl (C=O) groups is 3. The van der Waals surface area contributed by atoms with Gasteiger partial charge in [-0.25, -0.2) is 5.48 Å². The van der Waals surface area contributed by atoms with Gasteiger partial charge in [-0.2, -0.15) is 13.2 Å². The molecule has 2 unspecified atom stereocenters. The number of amides is 3. The Balaban J connectivity index is 1.46. The molecule has 42 heavy (non-hydrogen) atoms. The maximum atomic E-state index is 12.4. The van der Waals surface area contributed by atoms with Gasteiger partial charge < -0.3 is 21.1 Å². The predicted molar refractivity (Wildman–Crippen MR) is 150 cm³/mol. The first kappa shape index (κ1) is 32.2. The van der Waals surface area contributed by atoms with Crippen LogP contribution in [0.3, 0.4) is 0 Å². The van der Waals surface area contributed by atoms with Crippen LogP contribution in [0.4, 0.5) is 18.9 Å². The molecule has 13 heteroatoms. The van der Waals surface area contributed by atoms with Crippen molar-refractivity contribution in [2.75, 3.05) is 11.9 Å². The van der Waals surface area contributed by atoms with Gasteiger partial charge in [-0.3, -0.25) is 19.6 Å². The van der Waals surface area contributed by atoms with Gasteiger partial charge in [-0.1, -0.05) is 24.0 Å². The lowest BCUT2D eigenvalue weighted by Gasteiger charge is -2.19. The molecule has 0 aliphatic rings. The highest BCUT2D eigenvalue weighted by Crippen LogP contribution is 2.36. The van der Waals surface area contributed by atoms with Crippen molar-refractivity contribution in [1.29, 1.82) is 0 Å². The number of benzene rings is 3. The third kappa shape index (κ3) is 10.6. The third-order valence-corrected chi connectivity index (χ3v) is 6.34. The van der Waals surface area contributed by atoms with Crippen LogP contribution in [0.2, 0.25) is 0 Å². The van der Waals surface area contributed by atoms with Gasteiger partial charge in [-0.15, -0.1) is 0 Å². The molecular weight excluding hydrogens is 573 g/mol. The molecule has 3 amide bonds. The summed E-state index contributed by atoms with van der Waals surface area (Å²) >= 11 is -0.182. The van der Waals surface area contributed by atoms with E-state index >= 15 is 0 Å². The van der Waals surface area contributed by atoms with Crippen LogP contribution in [0.5, 0.6) is 0 Å². The number of thioether (sulfide) groups is 1. The molecule has 0 radical (unpaired) electrons. The van der Waals surface area contributed by atoms with Gasteiger partial charge in [0.15, 0.2) is 0 Å². The molecule has 3 rings (SSSR count). The average Bonchev–Trinajstić information content (AvgIpc) is 2.95. The van der Waals surface area contributed by atoms with Gasteiger partial charge in [0.2, 0.25) is 5.91 Å². The quantitative estimate of drug-likeness (QED) is 0.0908. The minimum atomic E-state index is -4.34. The summed E-state index contributed by atoms with van der Waals surface area (Å²) in [4.78, 5) is 36.3. The standard InChI is InChI=1S/C29H27F3N4O5S/c1-18(37)26(28(40)36-41)35-27(39)22-10-4-19(5-11-22)2-3-20-6-12-23(13-7-20)34-25(38)17-33-16-21-8-14-24(15-9-21)42-29(30,31)32/h4-15,18,26,33,37,41H,16-17H2,1H3,(H,34,38)(H,35,39)(H,36,40). The van der Waals surface area contributed by atoms with E-state index in [9.17, 15) is 32.7 Å². The number of hydrogen-bond donors (Lipinski definition) is 6. The second-order valence-electron chi connectivity index (χ2n) is 8.92. The van der Waals surface area contributed by atoms with Crippen molar-refractivity contribution in [2.24, 2.45) is 0 Å². The lowest BCUT2D eigenvalue weighted by atomic mass is 10.1. The topological polar surface area (TPSA) is 140 Å². The number of rotatable bonds is 10. The van der Waals surface area contributed by atoms with Crippen LogP contribution in [0, 0.1) is 11.8 Å². The van der Waals surface area contributed by atoms with Crippen molar-refractivity contribution < 1.29 is 37.9 Å². The fourth-order valence-electron chi connectivity index (χ4n) is 3.52. The van der Waals surface area contributed by atoms with Crippen molar-refractivity contribution in [3.8, 4) is 11.8 Å². The molecular formula is C29H27F3N4O5S. The molecule has 0 bridgehead atoms. The van der Waals surface area contributed by atoms with Crippen molar-refractivity contribution in [3.05, 3.63) is 95.1 Å². The van der Waals surface area contributed by atoms with Crippen molar-refractivity contribution >= 4 is 35.2 Å². The lowest BCUT2D eigenvalue weighted by Crippen LogP contribution is -2.51. The van der Waals surface area contributed by atoms with Gasteiger partial charge in [0, 0.05) is 33.8 Å². The maximum Gasteiger partial charge on any atom is 0.446 e. The first-order valence-corrected chi connectivity index (χ1v) is 13.3. The molecule has 2 atom stereocenters. The molecule has 220 valence electrons. The Bertz CT molecular complexity index is 1440. The SMILES string of the molecule is CC(O)C(NC(=O)c1ccc(C#Cc2ccc(NC(=O)CNCc3ccc(SC(F)(F)F)cc3)cc2)cc1)C(=O)NO. The molecule has 0 aliphatic carbocycles. The van der Waals surface area contributed by atoms with Crippen LogP contribution in [0.1, 0.15) is 34.0 Å². The normalized spacial score (nSPS) is 12.3. The van der Waals surface area contributed by atoms with E-state index in [1.165, 1.54) is 36.7 Å². The predicted octanol–water partition coefficient (Wildman–Crippen LogP) is 3.41. The minimum absolute atomic E-state index is 0.00292. The summed E-state index contributed by atoms with van der Waals surface area (Å²) in [6, 6.07) is 17.6. The number of aliphatic hydroxyl groups excluding tert-OH is 1.